The molecule has 3 rings (SSSR count). The van der Waals surface area contributed by atoms with Gasteiger partial charge in [-0.2, -0.15) is 0 Å². The molecule has 1 aromatic rings. The van der Waals surface area contributed by atoms with Gasteiger partial charge in [-0.1, -0.05) is 0 Å². The van der Waals surface area contributed by atoms with E-state index in [0.717, 1.165) is 30.8 Å². The van der Waals surface area contributed by atoms with Crippen molar-refractivity contribution in [1.82, 2.24) is 0 Å². The van der Waals surface area contributed by atoms with Crippen LogP contribution in [0, 0.1) is 0 Å². The maximum absolute atomic E-state index is 6.88. The van der Waals surface area contributed by atoms with E-state index < -0.39 is 16.6 Å². The van der Waals surface area contributed by atoms with Gasteiger partial charge in [0, 0.05) is 17.8 Å². The third kappa shape index (κ3) is 2.94. The summed E-state index contributed by atoms with van der Waals surface area (Å²) in [5.74, 6) is 0.879. The Balaban J connectivity index is 2.12. The Morgan fingerprint density at radius 1 is 0.958 bits per heavy atom. The molecule has 1 aliphatic heterocycles. The van der Waals surface area contributed by atoms with Gasteiger partial charge < -0.3 is 18.9 Å². The molecule has 1 N–H and O–H groups in total. The molecule has 24 heavy (non-hydrogen) atoms. The number of nitrogens with one attached hydrogen (secondary N) is 1. The fourth-order valence-electron chi connectivity index (χ4n) is 4.10. The van der Waals surface area contributed by atoms with Crippen LogP contribution >= 0.6 is 0 Å². The molecule has 134 valence electrons. The average Bonchev–Trinajstić information content (AvgIpc) is 2.44. The van der Waals surface area contributed by atoms with Crippen molar-refractivity contribution in [3.63, 3.8) is 0 Å². The molecule has 1 saturated carbocycles. The number of ether oxygens (including phenoxy) is 1. The second-order valence-electron chi connectivity index (χ2n) is 9.02. The summed E-state index contributed by atoms with van der Waals surface area (Å²) in [4.78, 5) is 0. The van der Waals surface area contributed by atoms with Gasteiger partial charge in [-0.15, -0.1) is 0 Å². The highest BCUT2D eigenvalue weighted by atomic mass is 28.4. The summed E-state index contributed by atoms with van der Waals surface area (Å²) in [6.45, 7) is 14.4. The van der Waals surface area contributed by atoms with E-state index in [1.807, 2.05) is 6.07 Å². The van der Waals surface area contributed by atoms with Gasteiger partial charge in [-0.05, 0) is 70.3 Å². The van der Waals surface area contributed by atoms with Crippen molar-refractivity contribution >= 4 is 22.3 Å². The van der Waals surface area contributed by atoms with Gasteiger partial charge in [0.2, 0.25) is 0 Å². The van der Waals surface area contributed by atoms with Crippen LogP contribution in [0.15, 0.2) is 18.2 Å². The topological polar surface area (TPSA) is 39.7 Å². The third-order valence-electron chi connectivity index (χ3n) is 4.83. The Morgan fingerprint density at radius 2 is 1.62 bits per heavy atom. The van der Waals surface area contributed by atoms with Crippen LogP contribution in [-0.2, 0) is 14.5 Å². The van der Waals surface area contributed by atoms with Gasteiger partial charge >= 0.3 is 0 Å². The minimum Gasteiger partial charge on any atom is -0.497 e. The zero-order valence-electron chi connectivity index (χ0n) is 16.1. The first-order chi connectivity index (χ1) is 11.0. The van der Waals surface area contributed by atoms with Gasteiger partial charge in [-0.25, -0.2) is 0 Å². The Labute approximate surface area is 148 Å². The van der Waals surface area contributed by atoms with Crippen molar-refractivity contribution in [2.75, 3.05) is 19.0 Å². The molecule has 2 unspecified atom stereocenters. The Morgan fingerprint density at radius 3 is 2.12 bits per heavy atom. The molecule has 4 nitrogen and oxygen atoms in total. The first-order valence-corrected chi connectivity index (χ1v) is 15.6. The zero-order valence-corrected chi connectivity index (χ0v) is 18.1. The van der Waals surface area contributed by atoms with E-state index in [-0.39, 0.29) is 11.2 Å². The van der Waals surface area contributed by atoms with Gasteiger partial charge in [-0.3, -0.25) is 0 Å². The number of anilines is 1. The second-order valence-corrected chi connectivity index (χ2v) is 17.9. The molecule has 1 aromatic carbocycles. The summed E-state index contributed by atoms with van der Waals surface area (Å²) in [7, 11) is -1.75. The number of hydrogen-bond donors (Lipinski definition) is 1. The summed E-state index contributed by atoms with van der Waals surface area (Å²) >= 11 is 0. The third-order valence-corrected chi connectivity index (χ3v) is 6.79. The maximum Gasteiger partial charge on any atom is 0.185 e. The van der Waals surface area contributed by atoms with E-state index in [0.29, 0.717) is 0 Å². The van der Waals surface area contributed by atoms with Crippen LogP contribution in [0.3, 0.4) is 0 Å². The lowest BCUT2D eigenvalue weighted by Crippen LogP contribution is -2.72. The standard InChI is InChI=1S/C18H31NO3Si2/c1-20-14-8-9-16-15(12-14)18(22-24(5,6)7)11-10-17(18,13-19-16)21-23(2,3)4/h8-9,12,19H,10-11,13H2,1-7H3. The smallest absolute Gasteiger partial charge is 0.185 e. The largest absolute Gasteiger partial charge is 0.497 e. The van der Waals surface area contributed by atoms with E-state index in [1.54, 1.807) is 7.11 Å². The molecule has 0 bridgehead atoms. The van der Waals surface area contributed by atoms with Crippen LogP contribution in [0.4, 0.5) is 5.69 Å². The first-order valence-electron chi connectivity index (χ1n) is 8.83. The number of benzene rings is 1. The highest BCUT2D eigenvalue weighted by molar-refractivity contribution is 6.70. The summed E-state index contributed by atoms with van der Waals surface area (Å²) in [6, 6.07) is 6.27. The van der Waals surface area contributed by atoms with Crippen LogP contribution < -0.4 is 10.1 Å². The maximum atomic E-state index is 6.88. The summed E-state index contributed by atoms with van der Waals surface area (Å²) in [6.07, 6.45) is 2.06. The minimum absolute atomic E-state index is 0.253. The van der Waals surface area contributed by atoms with Gasteiger partial charge in [0.25, 0.3) is 0 Å². The lowest BCUT2D eigenvalue weighted by Gasteiger charge is -2.64. The van der Waals surface area contributed by atoms with Crippen LogP contribution in [0.2, 0.25) is 39.3 Å². The summed E-state index contributed by atoms with van der Waals surface area (Å²) < 4.78 is 19.2. The SMILES string of the molecule is COc1ccc2c(c1)C1(O[Si](C)(C)C)CCC1(O[Si](C)(C)C)CN2. The van der Waals surface area contributed by atoms with E-state index in [9.17, 15) is 0 Å². The Kier molecular flexibility index (Phi) is 4.19. The fourth-order valence-corrected chi connectivity index (χ4v) is 7.05. The van der Waals surface area contributed by atoms with E-state index >= 15 is 0 Å². The molecular weight excluding hydrogens is 334 g/mol. The predicted octanol–water partition coefficient (Wildman–Crippen LogP) is 4.55. The van der Waals surface area contributed by atoms with E-state index in [2.05, 4.69) is 56.7 Å². The van der Waals surface area contributed by atoms with Crippen molar-refractivity contribution in [1.29, 1.82) is 0 Å². The number of rotatable bonds is 5. The van der Waals surface area contributed by atoms with E-state index in [4.69, 9.17) is 13.6 Å². The molecule has 6 heteroatoms. The molecule has 2 atom stereocenters. The van der Waals surface area contributed by atoms with Crippen molar-refractivity contribution in [3.8, 4) is 5.75 Å². The Hall–Kier alpha value is -0.826. The van der Waals surface area contributed by atoms with Crippen LogP contribution in [-0.4, -0.2) is 35.9 Å². The highest BCUT2D eigenvalue weighted by Gasteiger charge is 2.66. The van der Waals surface area contributed by atoms with Crippen molar-refractivity contribution < 1.29 is 13.6 Å². The lowest BCUT2D eigenvalue weighted by atomic mass is 9.60. The molecule has 0 spiro atoms. The van der Waals surface area contributed by atoms with Crippen LogP contribution in [0.1, 0.15) is 18.4 Å². The van der Waals surface area contributed by atoms with Gasteiger partial charge in [0.15, 0.2) is 16.6 Å². The quantitative estimate of drug-likeness (QED) is 0.777. The van der Waals surface area contributed by atoms with Crippen molar-refractivity contribution in [3.05, 3.63) is 23.8 Å². The first kappa shape index (κ1) is 18.0. The molecule has 1 heterocycles. The van der Waals surface area contributed by atoms with Gasteiger partial charge in [0.1, 0.15) is 17.0 Å². The lowest BCUT2D eigenvalue weighted by molar-refractivity contribution is -0.202. The number of hydrogen-bond acceptors (Lipinski definition) is 4. The fraction of sp³-hybridized carbons (Fsp3) is 0.667. The van der Waals surface area contributed by atoms with Crippen LogP contribution in [0.5, 0.6) is 5.75 Å². The van der Waals surface area contributed by atoms with Crippen LogP contribution in [0.25, 0.3) is 0 Å². The highest BCUT2D eigenvalue weighted by Crippen LogP contribution is 2.60. The molecule has 1 aliphatic carbocycles. The zero-order chi connectivity index (χ0) is 17.8. The number of fused-ring (bicyclic) bond motifs is 3. The van der Waals surface area contributed by atoms with Crippen molar-refractivity contribution in [2.24, 2.45) is 0 Å². The second kappa shape index (κ2) is 5.59. The van der Waals surface area contributed by atoms with E-state index in [1.165, 1.54) is 5.56 Å². The minimum atomic E-state index is -1.76. The molecular formula is C18H31NO3Si2. The summed E-state index contributed by atoms with van der Waals surface area (Å²) in [5, 5.41) is 3.60. The summed E-state index contributed by atoms with van der Waals surface area (Å²) in [5.41, 5.74) is 1.77. The number of methoxy groups -OCH3 is 1. The molecule has 0 aromatic heterocycles. The molecule has 0 saturated heterocycles. The monoisotopic (exact) mass is 365 g/mol. The average molecular weight is 366 g/mol. The molecule has 2 aliphatic rings. The Bertz CT molecular complexity index is 638. The normalized spacial score (nSPS) is 29.1. The molecule has 1 fully saturated rings. The molecule has 0 radical (unpaired) electrons. The van der Waals surface area contributed by atoms with Crippen molar-refractivity contribution in [2.45, 2.75) is 63.3 Å². The van der Waals surface area contributed by atoms with Gasteiger partial charge in [0.05, 0.1) is 7.11 Å². The predicted molar refractivity (Wildman–Crippen MR) is 104 cm³/mol. The molecule has 0 amide bonds.